The topological polar surface area (TPSA) is 69.4 Å². The molecule has 0 amide bonds. The lowest BCUT2D eigenvalue weighted by Gasteiger charge is -2.07. The van der Waals surface area contributed by atoms with Gasteiger partial charge < -0.3 is 0 Å². The van der Waals surface area contributed by atoms with Gasteiger partial charge in [0, 0.05) is 0 Å². The average Bonchev–Trinajstić information content (AvgIpc) is 3.00. The Morgan fingerprint density at radius 3 is 2.62 bits per heavy atom. The zero-order valence-corrected chi connectivity index (χ0v) is 10.1. The Bertz CT molecular complexity index is 497. The van der Waals surface area contributed by atoms with Crippen molar-refractivity contribution in [3.63, 3.8) is 0 Å². The molecule has 6 heteroatoms. The van der Waals surface area contributed by atoms with Crippen LogP contribution in [0.4, 0.5) is 0 Å². The second-order valence-electron chi connectivity index (χ2n) is 3.82. The van der Waals surface area contributed by atoms with Crippen LogP contribution in [0.25, 0.3) is 0 Å². The highest BCUT2D eigenvalue weighted by atomic mass is 35.5. The first-order valence-corrected chi connectivity index (χ1v) is 6.82. The van der Waals surface area contributed by atoms with E-state index in [0.29, 0.717) is 0 Å². The van der Waals surface area contributed by atoms with Gasteiger partial charge >= 0.3 is 0 Å². The summed E-state index contributed by atoms with van der Waals surface area (Å²) in [6.07, 6.45) is 1.46. The number of rotatable bonds is 4. The number of hydrogen-bond acceptors (Lipinski definition) is 4. The van der Waals surface area contributed by atoms with E-state index >= 15 is 0 Å². The standard InChI is InChI=1S/C10H12ClNO3S/c11-9-5-7(6-15-12)1-4-10(9)16(13,14)8-2-3-8/h1,4-5,8H,2-3,6,12H2. The van der Waals surface area contributed by atoms with E-state index in [1.165, 1.54) is 6.07 Å². The lowest BCUT2D eigenvalue weighted by atomic mass is 10.2. The van der Waals surface area contributed by atoms with Crippen LogP contribution in [0.1, 0.15) is 18.4 Å². The third-order valence-electron chi connectivity index (χ3n) is 2.52. The molecule has 1 fully saturated rings. The van der Waals surface area contributed by atoms with Gasteiger partial charge in [0.05, 0.1) is 21.8 Å². The molecule has 0 radical (unpaired) electrons. The minimum atomic E-state index is -3.23. The zero-order chi connectivity index (χ0) is 11.8. The fourth-order valence-corrected chi connectivity index (χ4v) is 3.75. The van der Waals surface area contributed by atoms with Gasteiger partial charge in [0.25, 0.3) is 0 Å². The van der Waals surface area contributed by atoms with Gasteiger partial charge in [-0.2, -0.15) is 0 Å². The summed E-state index contributed by atoms with van der Waals surface area (Å²) in [5, 5.41) is -0.0111. The molecule has 16 heavy (non-hydrogen) atoms. The third kappa shape index (κ3) is 2.22. The summed E-state index contributed by atoms with van der Waals surface area (Å²) < 4.78 is 23.9. The molecule has 0 spiro atoms. The number of benzene rings is 1. The monoisotopic (exact) mass is 261 g/mol. The Hall–Kier alpha value is -0.620. The van der Waals surface area contributed by atoms with Crippen LogP contribution in [0.15, 0.2) is 23.1 Å². The number of nitrogens with two attached hydrogens (primary N) is 1. The maximum Gasteiger partial charge on any atom is 0.182 e. The lowest BCUT2D eigenvalue weighted by molar-refractivity contribution is 0.124. The SMILES string of the molecule is NOCc1ccc(S(=O)(=O)C2CC2)c(Cl)c1. The van der Waals surface area contributed by atoms with Gasteiger partial charge in [-0.15, -0.1) is 0 Å². The normalized spacial score (nSPS) is 16.4. The van der Waals surface area contributed by atoms with E-state index in [1.807, 2.05) is 0 Å². The van der Waals surface area contributed by atoms with Crippen molar-refractivity contribution in [3.05, 3.63) is 28.8 Å². The Morgan fingerprint density at radius 2 is 2.12 bits per heavy atom. The van der Waals surface area contributed by atoms with Gasteiger partial charge in [-0.3, -0.25) is 4.84 Å². The van der Waals surface area contributed by atoms with E-state index < -0.39 is 9.84 Å². The zero-order valence-electron chi connectivity index (χ0n) is 8.52. The van der Waals surface area contributed by atoms with E-state index in [1.54, 1.807) is 12.1 Å². The van der Waals surface area contributed by atoms with Gasteiger partial charge in [0.1, 0.15) is 0 Å². The molecule has 0 atom stereocenters. The predicted octanol–water partition coefficient (Wildman–Crippen LogP) is 1.67. The van der Waals surface area contributed by atoms with Crippen LogP contribution in [0.2, 0.25) is 5.02 Å². The third-order valence-corrected chi connectivity index (χ3v) is 5.26. The van der Waals surface area contributed by atoms with E-state index in [-0.39, 0.29) is 21.8 Å². The molecule has 88 valence electrons. The molecule has 1 aliphatic carbocycles. The summed E-state index contributed by atoms with van der Waals surface area (Å²) in [6, 6.07) is 4.75. The minimum Gasteiger partial charge on any atom is -0.300 e. The molecule has 0 aliphatic heterocycles. The van der Waals surface area contributed by atoms with E-state index in [9.17, 15) is 8.42 Å². The molecular formula is C10H12ClNO3S. The van der Waals surface area contributed by atoms with E-state index in [2.05, 4.69) is 4.84 Å². The van der Waals surface area contributed by atoms with Gasteiger partial charge in [-0.1, -0.05) is 17.7 Å². The molecular weight excluding hydrogens is 250 g/mol. The average molecular weight is 262 g/mol. The molecule has 1 saturated carbocycles. The van der Waals surface area contributed by atoms with E-state index in [4.69, 9.17) is 17.5 Å². The summed E-state index contributed by atoms with van der Waals surface area (Å²) in [5.41, 5.74) is 0.752. The van der Waals surface area contributed by atoms with Crippen LogP contribution in [-0.4, -0.2) is 13.7 Å². The Morgan fingerprint density at radius 1 is 1.44 bits per heavy atom. The van der Waals surface area contributed by atoms with Crippen LogP contribution in [0.3, 0.4) is 0 Å². The molecule has 2 N–H and O–H groups in total. The van der Waals surface area contributed by atoms with Gasteiger partial charge in [-0.05, 0) is 30.5 Å². The van der Waals surface area contributed by atoms with Crippen LogP contribution in [0, 0.1) is 0 Å². The second-order valence-corrected chi connectivity index (χ2v) is 6.42. The van der Waals surface area contributed by atoms with Crippen LogP contribution in [-0.2, 0) is 21.3 Å². The van der Waals surface area contributed by atoms with Crippen molar-refractivity contribution in [1.82, 2.24) is 0 Å². The van der Waals surface area contributed by atoms with Crippen molar-refractivity contribution < 1.29 is 13.3 Å². The molecule has 2 rings (SSSR count). The first-order valence-electron chi connectivity index (χ1n) is 4.89. The Labute approximate surface area is 99.2 Å². The molecule has 1 aliphatic rings. The van der Waals surface area contributed by atoms with E-state index in [0.717, 1.165) is 18.4 Å². The summed E-state index contributed by atoms with van der Waals surface area (Å²) in [5.74, 6) is 4.93. The van der Waals surface area contributed by atoms with Crippen molar-refractivity contribution in [2.75, 3.05) is 0 Å². The van der Waals surface area contributed by atoms with Gasteiger partial charge in [-0.25, -0.2) is 14.3 Å². The van der Waals surface area contributed by atoms with Gasteiger partial charge in [0.2, 0.25) is 0 Å². The summed E-state index contributed by atoms with van der Waals surface area (Å²) in [6.45, 7) is 0.212. The van der Waals surface area contributed by atoms with Gasteiger partial charge in [0.15, 0.2) is 9.84 Å². The molecule has 0 unspecified atom stereocenters. The number of sulfone groups is 1. The Balaban J connectivity index is 2.36. The molecule has 1 aromatic rings. The lowest BCUT2D eigenvalue weighted by Crippen LogP contribution is -2.08. The minimum absolute atomic E-state index is 0.206. The summed E-state index contributed by atoms with van der Waals surface area (Å²) in [7, 11) is -3.23. The summed E-state index contributed by atoms with van der Waals surface area (Å²) in [4.78, 5) is 4.67. The van der Waals surface area contributed by atoms with Crippen LogP contribution >= 0.6 is 11.6 Å². The highest BCUT2D eigenvalue weighted by molar-refractivity contribution is 7.92. The van der Waals surface area contributed by atoms with Crippen molar-refractivity contribution in [3.8, 4) is 0 Å². The first kappa shape index (κ1) is 11.9. The number of halogens is 1. The fraction of sp³-hybridized carbons (Fsp3) is 0.400. The largest absolute Gasteiger partial charge is 0.300 e. The Kier molecular flexibility index (Phi) is 3.21. The molecule has 0 heterocycles. The highest BCUT2D eigenvalue weighted by Crippen LogP contribution is 2.36. The van der Waals surface area contributed by atoms with Crippen molar-refractivity contribution in [2.45, 2.75) is 29.6 Å². The molecule has 1 aromatic carbocycles. The van der Waals surface area contributed by atoms with Crippen molar-refractivity contribution in [2.24, 2.45) is 5.90 Å². The second kappa shape index (κ2) is 4.33. The number of hydrogen-bond donors (Lipinski definition) is 1. The molecule has 4 nitrogen and oxygen atoms in total. The molecule has 0 bridgehead atoms. The molecule has 0 aromatic heterocycles. The van der Waals surface area contributed by atoms with Crippen LogP contribution in [0.5, 0.6) is 0 Å². The highest BCUT2D eigenvalue weighted by Gasteiger charge is 2.37. The first-order chi connectivity index (χ1) is 7.55. The fourth-order valence-electron chi connectivity index (χ4n) is 1.52. The summed E-state index contributed by atoms with van der Waals surface area (Å²) >= 11 is 5.95. The maximum absolute atomic E-state index is 11.9. The smallest absolute Gasteiger partial charge is 0.182 e. The maximum atomic E-state index is 11.9. The van der Waals surface area contributed by atoms with Crippen molar-refractivity contribution in [1.29, 1.82) is 0 Å². The van der Waals surface area contributed by atoms with Crippen LogP contribution < -0.4 is 5.90 Å². The predicted molar refractivity (Wildman–Crippen MR) is 60.6 cm³/mol. The quantitative estimate of drug-likeness (QED) is 0.837. The molecule has 0 saturated heterocycles. The van der Waals surface area contributed by atoms with Crippen molar-refractivity contribution >= 4 is 21.4 Å².